The highest BCUT2D eigenvalue weighted by molar-refractivity contribution is 5.84. The van der Waals surface area contributed by atoms with Gasteiger partial charge in [-0.15, -0.1) is 0 Å². The van der Waals surface area contributed by atoms with E-state index < -0.39 is 5.66 Å². The van der Waals surface area contributed by atoms with Crippen molar-refractivity contribution in [3.05, 3.63) is 66.0 Å². The SMILES string of the molecule is C[n+]1cccc(C=CC23NC(=O)CCN2c2ccccc2C3(C)C)c1. The molecule has 1 aromatic carbocycles. The van der Waals surface area contributed by atoms with Crippen LogP contribution in [0.2, 0.25) is 0 Å². The Morgan fingerprint density at radius 1 is 1.20 bits per heavy atom. The maximum atomic E-state index is 12.3. The van der Waals surface area contributed by atoms with Crippen LogP contribution in [0.4, 0.5) is 5.69 Å². The summed E-state index contributed by atoms with van der Waals surface area (Å²) in [5.74, 6) is 0.111. The number of carbonyl (C=O) groups is 1. The Kier molecular flexibility index (Phi) is 3.46. The van der Waals surface area contributed by atoms with E-state index in [1.54, 1.807) is 0 Å². The van der Waals surface area contributed by atoms with Crippen LogP contribution >= 0.6 is 0 Å². The molecule has 1 fully saturated rings. The lowest BCUT2D eigenvalue weighted by Gasteiger charge is -2.49. The van der Waals surface area contributed by atoms with Crippen LogP contribution in [0.5, 0.6) is 0 Å². The van der Waals surface area contributed by atoms with E-state index in [2.05, 4.69) is 72.7 Å². The number of aryl methyl sites for hydroxylation is 1. The number of anilines is 1. The Morgan fingerprint density at radius 2 is 2.00 bits per heavy atom. The lowest BCUT2D eigenvalue weighted by molar-refractivity contribution is -0.671. The minimum Gasteiger partial charge on any atom is -0.344 e. The molecule has 1 atom stereocenters. The number of benzene rings is 1. The quantitative estimate of drug-likeness (QED) is 0.857. The van der Waals surface area contributed by atoms with Crippen molar-refractivity contribution in [1.29, 1.82) is 0 Å². The van der Waals surface area contributed by atoms with Crippen molar-refractivity contribution >= 4 is 17.7 Å². The van der Waals surface area contributed by atoms with E-state index in [-0.39, 0.29) is 11.3 Å². The molecule has 2 aromatic rings. The minimum absolute atomic E-state index is 0.111. The first-order chi connectivity index (χ1) is 11.9. The highest BCUT2D eigenvalue weighted by Crippen LogP contribution is 2.52. The summed E-state index contributed by atoms with van der Waals surface area (Å²) >= 11 is 0. The van der Waals surface area contributed by atoms with Gasteiger partial charge in [0, 0.05) is 35.7 Å². The number of hydrogen-bond acceptors (Lipinski definition) is 2. The van der Waals surface area contributed by atoms with Gasteiger partial charge in [0.1, 0.15) is 12.7 Å². The van der Waals surface area contributed by atoms with Gasteiger partial charge >= 0.3 is 0 Å². The first-order valence-electron chi connectivity index (χ1n) is 8.77. The lowest BCUT2D eigenvalue weighted by atomic mass is 9.74. The Hall–Kier alpha value is -2.62. The van der Waals surface area contributed by atoms with Gasteiger partial charge in [-0.3, -0.25) is 4.79 Å². The van der Waals surface area contributed by atoms with Gasteiger partial charge in [-0.05, 0) is 29.8 Å². The number of carbonyl (C=O) groups excluding carboxylic acids is 1. The zero-order valence-corrected chi connectivity index (χ0v) is 15.0. The van der Waals surface area contributed by atoms with Crippen molar-refractivity contribution in [3.8, 4) is 0 Å². The first-order valence-corrected chi connectivity index (χ1v) is 8.77. The van der Waals surface area contributed by atoms with Gasteiger partial charge in [0.05, 0.1) is 0 Å². The van der Waals surface area contributed by atoms with Crippen LogP contribution in [-0.4, -0.2) is 18.1 Å². The van der Waals surface area contributed by atoms with Crippen LogP contribution in [0, 0.1) is 0 Å². The number of pyridine rings is 1. The molecule has 1 N–H and O–H groups in total. The van der Waals surface area contributed by atoms with E-state index in [9.17, 15) is 4.79 Å². The van der Waals surface area contributed by atoms with E-state index in [1.807, 2.05) is 23.9 Å². The molecule has 0 aliphatic carbocycles. The number of nitrogens with one attached hydrogen (secondary N) is 1. The zero-order chi connectivity index (χ0) is 17.7. The van der Waals surface area contributed by atoms with E-state index in [0.717, 1.165) is 12.1 Å². The molecular formula is C21H24N3O+. The molecular weight excluding hydrogens is 310 g/mol. The van der Waals surface area contributed by atoms with Crippen LogP contribution in [0.15, 0.2) is 54.9 Å². The molecule has 0 saturated carbocycles. The molecule has 1 saturated heterocycles. The molecule has 1 amide bonds. The maximum Gasteiger partial charge on any atom is 0.223 e. The van der Waals surface area contributed by atoms with Crippen molar-refractivity contribution in [1.82, 2.24) is 5.32 Å². The summed E-state index contributed by atoms with van der Waals surface area (Å²) < 4.78 is 2.03. The molecule has 3 heterocycles. The number of fused-ring (bicyclic) bond motifs is 3. The molecule has 1 unspecified atom stereocenters. The zero-order valence-electron chi connectivity index (χ0n) is 15.0. The van der Waals surface area contributed by atoms with E-state index in [0.29, 0.717) is 6.42 Å². The second-order valence-corrected chi connectivity index (χ2v) is 7.49. The fraction of sp³-hybridized carbons (Fsp3) is 0.333. The average molecular weight is 334 g/mol. The Balaban J connectivity index is 1.85. The fourth-order valence-corrected chi connectivity index (χ4v) is 4.25. The Labute approximate surface area is 148 Å². The van der Waals surface area contributed by atoms with Crippen molar-refractivity contribution < 1.29 is 9.36 Å². The summed E-state index contributed by atoms with van der Waals surface area (Å²) in [5, 5.41) is 3.31. The van der Waals surface area contributed by atoms with Crippen molar-refractivity contribution in [2.24, 2.45) is 7.05 Å². The molecule has 1 aromatic heterocycles. The van der Waals surface area contributed by atoms with Gasteiger partial charge in [0.15, 0.2) is 12.4 Å². The minimum atomic E-state index is -0.541. The summed E-state index contributed by atoms with van der Waals surface area (Å²) in [4.78, 5) is 14.7. The van der Waals surface area contributed by atoms with Gasteiger partial charge in [-0.25, -0.2) is 4.57 Å². The summed E-state index contributed by atoms with van der Waals surface area (Å²) in [6, 6.07) is 12.6. The Bertz CT molecular complexity index is 871. The van der Waals surface area contributed by atoms with E-state index in [4.69, 9.17) is 0 Å². The molecule has 4 nitrogen and oxygen atoms in total. The molecule has 25 heavy (non-hydrogen) atoms. The van der Waals surface area contributed by atoms with Gasteiger partial charge < -0.3 is 10.2 Å². The number of aromatic nitrogens is 1. The summed E-state index contributed by atoms with van der Waals surface area (Å²) in [5.41, 5.74) is 2.84. The van der Waals surface area contributed by atoms with Crippen molar-refractivity contribution in [2.45, 2.75) is 31.3 Å². The standard InChI is InChI=1S/C21H23N3O/c1-20(2)17-8-4-5-9-18(17)24-14-11-19(25)22-21(20,24)12-10-16-7-6-13-23(3)15-16/h4-10,12-13,15H,11,14H2,1-3H3/p+1. The first kappa shape index (κ1) is 15.9. The number of amides is 1. The molecule has 0 spiro atoms. The van der Waals surface area contributed by atoms with E-state index in [1.165, 1.54) is 11.3 Å². The molecule has 128 valence electrons. The van der Waals surface area contributed by atoms with Gasteiger partial charge in [0.2, 0.25) is 5.91 Å². The van der Waals surface area contributed by atoms with Gasteiger partial charge in [-0.1, -0.05) is 32.0 Å². The number of nitrogens with zero attached hydrogens (tertiary/aromatic N) is 2. The van der Waals surface area contributed by atoms with Crippen LogP contribution in [0.3, 0.4) is 0 Å². The highest BCUT2D eigenvalue weighted by atomic mass is 16.2. The predicted octanol–water partition coefficient (Wildman–Crippen LogP) is 2.54. The monoisotopic (exact) mass is 334 g/mol. The van der Waals surface area contributed by atoms with E-state index >= 15 is 0 Å². The molecule has 4 heteroatoms. The van der Waals surface area contributed by atoms with Crippen molar-refractivity contribution in [2.75, 3.05) is 11.4 Å². The topological polar surface area (TPSA) is 36.2 Å². The number of rotatable bonds is 2. The highest BCUT2D eigenvalue weighted by Gasteiger charge is 2.57. The Morgan fingerprint density at radius 3 is 2.80 bits per heavy atom. The average Bonchev–Trinajstić information content (AvgIpc) is 2.78. The van der Waals surface area contributed by atoms with Crippen LogP contribution in [0.1, 0.15) is 31.4 Å². The molecule has 0 radical (unpaired) electrons. The number of hydrogen-bond donors (Lipinski definition) is 1. The van der Waals surface area contributed by atoms with Gasteiger partial charge in [-0.2, -0.15) is 0 Å². The van der Waals surface area contributed by atoms with Crippen molar-refractivity contribution in [3.63, 3.8) is 0 Å². The third-order valence-corrected chi connectivity index (χ3v) is 5.62. The number of para-hydroxylation sites is 1. The fourth-order valence-electron chi connectivity index (χ4n) is 4.25. The summed E-state index contributed by atoms with van der Waals surface area (Å²) in [7, 11) is 2.01. The van der Waals surface area contributed by atoms with Crippen LogP contribution in [-0.2, 0) is 17.3 Å². The maximum absolute atomic E-state index is 12.3. The third-order valence-electron chi connectivity index (χ3n) is 5.62. The largest absolute Gasteiger partial charge is 0.344 e. The second kappa shape index (κ2) is 5.45. The lowest BCUT2D eigenvalue weighted by Crippen LogP contribution is -2.68. The van der Waals surface area contributed by atoms with Crippen LogP contribution in [0.25, 0.3) is 6.08 Å². The summed E-state index contributed by atoms with van der Waals surface area (Å²) in [6.45, 7) is 5.17. The summed E-state index contributed by atoms with van der Waals surface area (Å²) in [6.07, 6.45) is 8.91. The second-order valence-electron chi connectivity index (χ2n) is 7.49. The molecule has 2 aliphatic heterocycles. The molecule has 4 rings (SSSR count). The normalized spacial score (nSPS) is 24.1. The van der Waals surface area contributed by atoms with Crippen LogP contribution < -0.4 is 14.8 Å². The molecule has 0 bridgehead atoms. The molecule has 2 aliphatic rings. The predicted molar refractivity (Wildman–Crippen MR) is 99.0 cm³/mol. The third kappa shape index (κ3) is 2.28. The van der Waals surface area contributed by atoms with Gasteiger partial charge in [0.25, 0.3) is 0 Å². The smallest absolute Gasteiger partial charge is 0.223 e.